The number of unbranched alkanes of at least 4 members (excludes halogenated alkanes) is 3. The van der Waals surface area contributed by atoms with Gasteiger partial charge in [0.1, 0.15) is 23.0 Å². The molecule has 0 saturated carbocycles. The number of phenols is 2. The number of rotatable bonds is 13. The number of aromatic nitrogens is 6. The van der Waals surface area contributed by atoms with Crippen LogP contribution in [0.3, 0.4) is 0 Å². The smallest absolute Gasteiger partial charge is 0.167 e. The zero-order valence-corrected chi connectivity index (χ0v) is 32.9. The van der Waals surface area contributed by atoms with Crippen LogP contribution in [0.25, 0.3) is 68.3 Å². The van der Waals surface area contributed by atoms with Crippen molar-refractivity contribution in [3.05, 3.63) is 158 Å². The highest BCUT2D eigenvalue weighted by Crippen LogP contribution is 2.34. The predicted octanol–water partition coefficient (Wildman–Crippen LogP) is 11.1. The van der Waals surface area contributed by atoms with E-state index in [9.17, 15) is 10.2 Å². The summed E-state index contributed by atoms with van der Waals surface area (Å²) in [5, 5.41) is 21.1. The van der Waals surface area contributed by atoms with Gasteiger partial charge in [0.25, 0.3) is 0 Å². The Morgan fingerprint density at radius 2 is 0.763 bits per heavy atom. The number of hydrogen-bond acceptors (Lipinski definition) is 10. The average molecular weight is 781 g/mol. The Labute approximate surface area is 344 Å². The van der Waals surface area contributed by atoms with Gasteiger partial charge in [0, 0.05) is 34.4 Å². The zero-order chi connectivity index (χ0) is 40.8. The van der Waals surface area contributed by atoms with Gasteiger partial charge < -0.3 is 19.7 Å². The quantitative estimate of drug-likeness (QED) is 0.109. The second-order valence-corrected chi connectivity index (χ2v) is 13.5. The molecule has 0 spiro atoms. The number of ether oxygens (including phenoxy) is 2. The number of methoxy groups -OCH3 is 1. The van der Waals surface area contributed by atoms with E-state index in [1.165, 1.54) is 12.8 Å². The highest BCUT2D eigenvalue weighted by Gasteiger charge is 2.17. The van der Waals surface area contributed by atoms with Gasteiger partial charge in [-0.3, -0.25) is 0 Å². The fourth-order valence-electron chi connectivity index (χ4n) is 6.19. The van der Waals surface area contributed by atoms with Crippen LogP contribution in [-0.4, -0.2) is 53.8 Å². The van der Waals surface area contributed by atoms with E-state index in [0.29, 0.717) is 64.2 Å². The maximum Gasteiger partial charge on any atom is 0.167 e. The SMILES string of the molecule is CCCCCCOc1ccc(-c2nc(-c3ccccc3)nc(-c3ccccc3)n2)c(O)c1.COc1ccc(-c2nc(-c3ccccc3)nc(-c3ccccc3)n2)c(O)c1. The monoisotopic (exact) mass is 780 g/mol. The summed E-state index contributed by atoms with van der Waals surface area (Å²) >= 11 is 0. The molecule has 0 amide bonds. The van der Waals surface area contributed by atoms with Crippen molar-refractivity contribution in [1.29, 1.82) is 0 Å². The van der Waals surface area contributed by atoms with Crippen molar-refractivity contribution in [2.24, 2.45) is 0 Å². The van der Waals surface area contributed by atoms with Gasteiger partial charge in [0.15, 0.2) is 34.9 Å². The van der Waals surface area contributed by atoms with Crippen LogP contribution >= 0.6 is 0 Å². The van der Waals surface area contributed by atoms with Crippen LogP contribution in [0.5, 0.6) is 23.0 Å². The molecule has 0 saturated heterocycles. The molecule has 2 heterocycles. The molecular formula is C49H44N6O4. The lowest BCUT2D eigenvalue weighted by Gasteiger charge is -2.11. The summed E-state index contributed by atoms with van der Waals surface area (Å²) in [5.41, 5.74) is 4.60. The number of aromatic hydroxyl groups is 2. The molecule has 10 heteroatoms. The van der Waals surface area contributed by atoms with Crippen molar-refractivity contribution in [2.45, 2.75) is 32.6 Å². The molecule has 2 aromatic heterocycles. The first-order valence-corrected chi connectivity index (χ1v) is 19.6. The summed E-state index contributed by atoms with van der Waals surface area (Å²) in [5.74, 6) is 4.39. The highest BCUT2D eigenvalue weighted by atomic mass is 16.5. The molecule has 8 aromatic rings. The van der Waals surface area contributed by atoms with E-state index < -0.39 is 0 Å². The van der Waals surface area contributed by atoms with Gasteiger partial charge in [-0.2, -0.15) is 0 Å². The minimum atomic E-state index is 0.0542. The largest absolute Gasteiger partial charge is 0.507 e. The molecule has 0 aliphatic carbocycles. The van der Waals surface area contributed by atoms with E-state index in [1.54, 1.807) is 37.4 Å². The fraction of sp³-hybridized carbons (Fsp3) is 0.143. The highest BCUT2D eigenvalue weighted by molar-refractivity contribution is 5.72. The van der Waals surface area contributed by atoms with Gasteiger partial charge in [-0.25, -0.2) is 29.9 Å². The van der Waals surface area contributed by atoms with Crippen LogP contribution in [0.1, 0.15) is 32.6 Å². The van der Waals surface area contributed by atoms with Crippen LogP contribution in [-0.2, 0) is 0 Å². The van der Waals surface area contributed by atoms with Crippen molar-refractivity contribution in [3.8, 4) is 91.3 Å². The predicted molar refractivity (Wildman–Crippen MR) is 232 cm³/mol. The molecule has 0 unspecified atom stereocenters. The van der Waals surface area contributed by atoms with Crippen LogP contribution in [0.4, 0.5) is 0 Å². The van der Waals surface area contributed by atoms with Crippen LogP contribution in [0.2, 0.25) is 0 Å². The van der Waals surface area contributed by atoms with E-state index in [4.69, 9.17) is 9.47 Å². The Morgan fingerprint density at radius 3 is 1.12 bits per heavy atom. The molecule has 0 bridgehead atoms. The Kier molecular flexibility index (Phi) is 13.2. The van der Waals surface area contributed by atoms with Crippen LogP contribution in [0, 0.1) is 0 Å². The van der Waals surface area contributed by atoms with Crippen molar-refractivity contribution in [1.82, 2.24) is 29.9 Å². The number of phenolic OH excluding ortho intramolecular Hbond substituents is 2. The normalized spacial score (nSPS) is 10.7. The molecule has 10 nitrogen and oxygen atoms in total. The molecular weight excluding hydrogens is 737 g/mol. The number of hydrogen-bond donors (Lipinski definition) is 2. The molecule has 59 heavy (non-hydrogen) atoms. The summed E-state index contributed by atoms with van der Waals surface area (Å²) in [6.45, 7) is 2.83. The van der Waals surface area contributed by atoms with Gasteiger partial charge in [-0.1, -0.05) is 148 Å². The molecule has 0 aliphatic rings. The molecule has 0 radical (unpaired) electrons. The lowest BCUT2D eigenvalue weighted by molar-refractivity contribution is 0.303. The van der Waals surface area contributed by atoms with Crippen LogP contribution < -0.4 is 9.47 Å². The van der Waals surface area contributed by atoms with Crippen molar-refractivity contribution in [2.75, 3.05) is 13.7 Å². The Morgan fingerprint density at radius 1 is 0.407 bits per heavy atom. The molecule has 0 aliphatic heterocycles. The standard InChI is InChI=1S/C27H27N3O2.C22H17N3O2/c1-2-3-4-11-18-32-22-16-17-23(24(31)19-22)27-29-25(20-12-7-5-8-13-20)28-26(30-27)21-14-9-6-10-15-21;1-27-17-12-13-18(19(26)14-17)22-24-20(15-8-4-2-5-9-15)23-21(25-22)16-10-6-3-7-11-16/h5-10,12-17,19,31H,2-4,11,18H2,1H3;2-14,26H,1H3. The van der Waals surface area contributed by atoms with Gasteiger partial charge in [0.2, 0.25) is 0 Å². The molecule has 0 fully saturated rings. The van der Waals surface area contributed by atoms with E-state index in [2.05, 4.69) is 36.8 Å². The lowest BCUT2D eigenvalue weighted by atomic mass is 10.1. The summed E-state index contributed by atoms with van der Waals surface area (Å²) in [7, 11) is 1.55. The third-order valence-electron chi connectivity index (χ3n) is 9.32. The Bertz CT molecular complexity index is 2460. The number of benzene rings is 6. The minimum absolute atomic E-state index is 0.0542. The summed E-state index contributed by atoms with van der Waals surface area (Å²) in [4.78, 5) is 27.8. The van der Waals surface area contributed by atoms with E-state index in [1.807, 2.05) is 127 Å². The third-order valence-corrected chi connectivity index (χ3v) is 9.32. The maximum absolute atomic E-state index is 10.7. The molecule has 8 rings (SSSR count). The van der Waals surface area contributed by atoms with Crippen molar-refractivity contribution < 1.29 is 19.7 Å². The molecule has 294 valence electrons. The summed E-state index contributed by atoms with van der Waals surface area (Å²) in [6.07, 6.45) is 4.55. The summed E-state index contributed by atoms with van der Waals surface area (Å²) in [6, 6.07) is 49.3. The third kappa shape index (κ3) is 10.3. The van der Waals surface area contributed by atoms with E-state index >= 15 is 0 Å². The van der Waals surface area contributed by atoms with Gasteiger partial charge in [-0.15, -0.1) is 0 Å². The van der Waals surface area contributed by atoms with Gasteiger partial charge in [0.05, 0.1) is 24.8 Å². The topological polar surface area (TPSA) is 136 Å². The zero-order valence-electron chi connectivity index (χ0n) is 32.9. The fourth-order valence-corrected chi connectivity index (χ4v) is 6.19. The van der Waals surface area contributed by atoms with Crippen molar-refractivity contribution in [3.63, 3.8) is 0 Å². The van der Waals surface area contributed by atoms with Gasteiger partial charge >= 0.3 is 0 Å². The first-order valence-electron chi connectivity index (χ1n) is 19.6. The minimum Gasteiger partial charge on any atom is -0.507 e. The lowest BCUT2D eigenvalue weighted by Crippen LogP contribution is -2.01. The van der Waals surface area contributed by atoms with Crippen molar-refractivity contribution >= 4 is 0 Å². The van der Waals surface area contributed by atoms with E-state index in [0.717, 1.165) is 35.1 Å². The molecule has 2 N–H and O–H groups in total. The molecule has 0 atom stereocenters. The Balaban J connectivity index is 0.000000181. The Hall–Kier alpha value is -7.46. The average Bonchev–Trinajstić information content (AvgIpc) is 3.30. The second kappa shape index (κ2) is 19.6. The van der Waals surface area contributed by atoms with Crippen LogP contribution in [0.15, 0.2) is 158 Å². The first kappa shape index (κ1) is 39.8. The second-order valence-electron chi connectivity index (χ2n) is 13.5. The first-order chi connectivity index (χ1) is 29.0. The summed E-state index contributed by atoms with van der Waals surface area (Å²) < 4.78 is 11.0. The number of nitrogens with zero attached hydrogens (tertiary/aromatic N) is 6. The van der Waals surface area contributed by atoms with E-state index in [-0.39, 0.29) is 11.5 Å². The molecule has 6 aromatic carbocycles. The van der Waals surface area contributed by atoms with Gasteiger partial charge in [-0.05, 0) is 30.7 Å². The maximum atomic E-state index is 10.7.